The van der Waals surface area contributed by atoms with Crippen molar-refractivity contribution in [1.29, 1.82) is 0 Å². The molecule has 2 aromatic rings. The maximum atomic E-state index is 3.53. The Balaban J connectivity index is 2.08. The lowest BCUT2D eigenvalue weighted by atomic mass is 10.3. The van der Waals surface area contributed by atoms with Crippen LogP contribution < -0.4 is 5.32 Å². The molecule has 16 heavy (non-hydrogen) atoms. The fourth-order valence-corrected chi connectivity index (χ4v) is 3.88. The highest BCUT2D eigenvalue weighted by Crippen LogP contribution is 2.28. The zero-order valence-electron chi connectivity index (χ0n) is 8.14. The van der Waals surface area contributed by atoms with Gasteiger partial charge in [0.2, 0.25) is 0 Å². The molecule has 0 aliphatic heterocycles. The zero-order valence-corrected chi connectivity index (χ0v) is 13.7. The number of halogens is 3. The molecular weight excluding hydrogens is 418 g/mol. The van der Waals surface area contributed by atoms with Crippen LogP contribution in [0.1, 0.15) is 4.88 Å². The van der Waals surface area contributed by atoms with Crippen molar-refractivity contribution >= 4 is 64.8 Å². The van der Waals surface area contributed by atoms with E-state index in [2.05, 4.69) is 70.6 Å². The molecule has 1 aromatic heterocycles. The molecule has 5 heteroatoms. The molecule has 0 saturated carbocycles. The molecule has 0 aliphatic carbocycles. The molecule has 0 spiro atoms. The SMILES string of the molecule is Brc1ccc(NCc2sccc2Br)c(Br)c1. The van der Waals surface area contributed by atoms with Gasteiger partial charge in [-0.05, 0) is 61.5 Å². The van der Waals surface area contributed by atoms with Crippen molar-refractivity contribution in [3.8, 4) is 0 Å². The third-order valence-electron chi connectivity index (χ3n) is 2.06. The third-order valence-corrected chi connectivity index (χ3v) is 5.14. The van der Waals surface area contributed by atoms with Crippen LogP contribution in [0.25, 0.3) is 0 Å². The Morgan fingerprint density at radius 2 is 1.88 bits per heavy atom. The molecule has 0 aliphatic rings. The van der Waals surface area contributed by atoms with Crippen LogP contribution in [-0.4, -0.2) is 0 Å². The van der Waals surface area contributed by atoms with Crippen molar-refractivity contribution in [2.24, 2.45) is 0 Å². The minimum atomic E-state index is 0.832. The van der Waals surface area contributed by atoms with E-state index in [1.54, 1.807) is 11.3 Å². The van der Waals surface area contributed by atoms with E-state index in [-0.39, 0.29) is 0 Å². The molecule has 2 rings (SSSR count). The summed E-state index contributed by atoms with van der Waals surface area (Å²) in [5.74, 6) is 0. The number of hydrogen-bond acceptors (Lipinski definition) is 2. The Bertz CT molecular complexity index is 496. The van der Waals surface area contributed by atoms with Crippen LogP contribution in [0, 0.1) is 0 Å². The van der Waals surface area contributed by atoms with E-state index in [1.165, 1.54) is 9.35 Å². The highest BCUT2D eigenvalue weighted by atomic mass is 79.9. The molecule has 84 valence electrons. The summed E-state index contributed by atoms with van der Waals surface area (Å²) in [6.07, 6.45) is 0. The molecule has 0 bridgehead atoms. The van der Waals surface area contributed by atoms with Crippen LogP contribution in [0.15, 0.2) is 43.1 Å². The van der Waals surface area contributed by atoms with E-state index < -0.39 is 0 Å². The normalized spacial score (nSPS) is 10.4. The van der Waals surface area contributed by atoms with Gasteiger partial charge in [0, 0.05) is 24.0 Å². The number of benzene rings is 1. The fraction of sp³-hybridized carbons (Fsp3) is 0.0909. The smallest absolute Gasteiger partial charge is 0.0505 e. The second-order valence-corrected chi connectivity index (χ2v) is 6.79. The van der Waals surface area contributed by atoms with Crippen LogP contribution in [0.2, 0.25) is 0 Å². The highest BCUT2D eigenvalue weighted by molar-refractivity contribution is 9.11. The molecule has 0 saturated heterocycles. The van der Waals surface area contributed by atoms with Gasteiger partial charge >= 0.3 is 0 Å². The monoisotopic (exact) mass is 423 g/mol. The Morgan fingerprint density at radius 1 is 1.06 bits per heavy atom. The van der Waals surface area contributed by atoms with Crippen LogP contribution in [-0.2, 0) is 6.54 Å². The summed E-state index contributed by atoms with van der Waals surface area (Å²) in [6.45, 7) is 0.832. The summed E-state index contributed by atoms with van der Waals surface area (Å²) in [6, 6.07) is 8.18. The summed E-state index contributed by atoms with van der Waals surface area (Å²) in [5.41, 5.74) is 1.10. The summed E-state index contributed by atoms with van der Waals surface area (Å²) in [4.78, 5) is 1.30. The topological polar surface area (TPSA) is 12.0 Å². The lowest BCUT2D eigenvalue weighted by Gasteiger charge is -2.08. The molecule has 1 nitrogen and oxygen atoms in total. The molecule has 1 aromatic carbocycles. The van der Waals surface area contributed by atoms with Gasteiger partial charge in [-0.1, -0.05) is 15.9 Å². The average molecular weight is 426 g/mol. The van der Waals surface area contributed by atoms with Gasteiger partial charge in [-0.2, -0.15) is 0 Å². The molecule has 0 radical (unpaired) electrons. The van der Waals surface area contributed by atoms with Gasteiger partial charge in [-0.3, -0.25) is 0 Å². The summed E-state index contributed by atoms with van der Waals surface area (Å²) >= 11 is 12.2. The van der Waals surface area contributed by atoms with Crippen molar-refractivity contribution < 1.29 is 0 Å². The second kappa shape index (κ2) is 5.67. The minimum absolute atomic E-state index is 0.832. The van der Waals surface area contributed by atoms with Crippen LogP contribution >= 0.6 is 59.1 Å². The van der Waals surface area contributed by atoms with Crippen molar-refractivity contribution in [1.82, 2.24) is 0 Å². The molecule has 0 atom stereocenters. The molecule has 0 fully saturated rings. The molecular formula is C11H8Br3NS. The molecule has 0 amide bonds. The fourth-order valence-electron chi connectivity index (χ4n) is 1.26. The maximum Gasteiger partial charge on any atom is 0.0505 e. The number of hydrogen-bond donors (Lipinski definition) is 1. The van der Waals surface area contributed by atoms with E-state index in [1.807, 2.05) is 12.1 Å². The first kappa shape index (κ1) is 12.6. The zero-order chi connectivity index (χ0) is 11.5. The lowest BCUT2D eigenvalue weighted by molar-refractivity contribution is 1.18. The van der Waals surface area contributed by atoms with E-state index in [9.17, 15) is 0 Å². The Hall–Kier alpha value is 0.160. The molecule has 1 heterocycles. The highest BCUT2D eigenvalue weighted by Gasteiger charge is 2.03. The van der Waals surface area contributed by atoms with Gasteiger partial charge in [0.05, 0.1) is 6.54 Å². The largest absolute Gasteiger partial charge is 0.379 e. The van der Waals surface area contributed by atoms with E-state index in [4.69, 9.17) is 0 Å². The third kappa shape index (κ3) is 3.09. The first-order valence-electron chi connectivity index (χ1n) is 4.57. The number of thiophene rings is 1. The van der Waals surface area contributed by atoms with E-state index in [0.717, 1.165) is 21.2 Å². The van der Waals surface area contributed by atoms with Gasteiger partial charge in [0.15, 0.2) is 0 Å². The van der Waals surface area contributed by atoms with Gasteiger partial charge < -0.3 is 5.32 Å². The summed E-state index contributed by atoms with van der Waals surface area (Å²) in [5, 5.41) is 5.48. The van der Waals surface area contributed by atoms with Crippen LogP contribution in [0.5, 0.6) is 0 Å². The Morgan fingerprint density at radius 3 is 2.50 bits per heavy atom. The van der Waals surface area contributed by atoms with Crippen molar-refractivity contribution in [2.75, 3.05) is 5.32 Å². The lowest BCUT2D eigenvalue weighted by Crippen LogP contribution is -1.98. The maximum absolute atomic E-state index is 3.53. The Kier molecular flexibility index (Phi) is 4.47. The van der Waals surface area contributed by atoms with Crippen molar-refractivity contribution in [3.63, 3.8) is 0 Å². The first-order valence-corrected chi connectivity index (χ1v) is 7.83. The summed E-state index contributed by atoms with van der Waals surface area (Å²) < 4.78 is 3.30. The summed E-state index contributed by atoms with van der Waals surface area (Å²) in [7, 11) is 0. The predicted octanol–water partition coefficient (Wildman–Crippen LogP) is 5.65. The first-order chi connectivity index (χ1) is 7.66. The van der Waals surface area contributed by atoms with Crippen molar-refractivity contribution in [2.45, 2.75) is 6.54 Å². The number of rotatable bonds is 3. The minimum Gasteiger partial charge on any atom is -0.379 e. The van der Waals surface area contributed by atoms with E-state index >= 15 is 0 Å². The van der Waals surface area contributed by atoms with Crippen molar-refractivity contribution in [3.05, 3.63) is 47.9 Å². The van der Waals surface area contributed by atoms with Gasteiger partial charge in [-0.25, -0.2) is 0 Å². The standard InChI is InChI=1S/C11H8Br3NS/c12-7-1-2-10(9(14)5-7)15-6-11-8(13)3-4-16-11/h1-5,15H,6H2. The van der Waals surface area contributed by atoms with Gasteiger partial charge in [0.25, 0.3) is 0 Å². The van der Waals surface area contributed by atoms with Crippen LogP contribution in [0.3, 0.4) is 0 Å². The van der Waals surface area contributed by atoms with Gasteiger partial charge in [0.1, 0.15) is 0 Å². The van der Waals surface area contributed by atoms with Gasteiger partial charge in [-0.15, -0.1) is 11.3 Å². The average Bonchev–Trinajstić information content (AvgIpc) is 2.63. The number of anilines is 1. The van der Waals surface area contributed by atoms with E-state index in [0.29, 0.717) is 0 Å². The number of nitrogens with one attached hydrogen (secondary N) is 1. The predicted molar refractivity (Wildman–Crippen MR) is 81.2 cm³/mol. The quantitative estimate of drug-likeness (QED) is 0.670. The molecule has 0 unspecified atom stereocenters. The second-order valence-electron chi connectivity index (χ2n) is 3.17. The Labute approximate surface area is 124 Å². The van der Waals surface area contributed by atoms with Crippen LogP contribution in [0.4, 0.5) is 5.69 Å². The molecule has 1 N–H and O–H groups in total.